The predicted octanol–water partition coefficient (Wildman–Crippen LogP) is 2.84. The quantitative estimate of drug-likeness (QED) is 0.923. The maximum Gasteiger partial charge on any atom is 0.0641 e. The van der Waals surface area contributed by atoms with Gasteiger partial charge in [0.2, 0.25) is 0 Å². The van der Waals surface area contributed by atoms with E-state index in [-0.39, 0.29) is 6.04 Å². The topological polar surface area (TPSA) is 47.1 Å². The molecular weight excluding hydrogens is 284 g/mol. The number of aryl methyl sites for hydroxylation is 2. The lowest BCUT2D eigenvalue weighted by Crippen LogP contribution is -2.28. The van der Waals surface area contributed by atoms with Crippen LogP contribution in [0.1, 0.15) is 41.8 Å². The van der Waals surface area contributed by atoms with Gasteiger partial charge >= 0.3 is 0 Å². The first-order valence-corrected chi connectivity index (χ1v) is 8.66. The fourth-order valence-corrected chi connectivity index (χ4v) is 3.71. The Morgan fingerprint density at radius 1 is 1.17 bits per heavy atom. The molecule has 4 heteroatoms. The summed E-state index contributed by atoms with van der Waals surface area (Å²) in [5.74, 6) is 0.433. The van der Waals surface area contributed by atoms with E-state index in [0.717, 1.165) is 38.3 Å². The molecule has 2 N–H and O–H groups in total. The minimum Gasteiger partial charge on any atom is -0.326 e. The second-order valence-corrected chi connectivity index (χ2v) is 6.75. The summed E-state index contributed by atoms with van der Waals surface area (Å²) in [6, 6.07) is 10.9. The Morgan fingerprint density at radius 2 is 1.91 bits per heavy atom. The summed E-state index contributed by atoms with van der Waals surface area (Å²) in [5, 5.41) is 4.70. The Hall–Kier alpha value is -1.65. The number of aromatic nitrogens is 2. The number of nitrogens with two attached hydrogens (primary N) is 1. The molecule has 0 saturated carbocycles. The second-order valence-electron chi connectivity index (χ2n) is 6.75. The van der Waals surface area contributed by atoms with Crippen molar-refractivity contribution in [3.63, 3.8) is 0 Å². The van der Waals surface area contributed by atoms with E-state index in [4.69, 9.17) is 10.8 Å². The van der Waals surface area contributed by atoms with E-state index < -0.39 is 0 Å². The standard InChI is InChI=1S/C19H28N4/c1-4-10-23-15(3)17(14(2)21-23)11-22-12-18(19(20)13-22)16-8-6-5-7-9-16/h5-9,18-19H,4,10-13,20H2,1-3H3/t18-,19+/m0/s1. The third-order valence-corrected chi connectivity index (χ3v) is 5.02. The molecule has 0 bridgehead atoms. The number of hydrogen-bond donors (Lipinski definition) is 1. The highest BCUT2D eigenvalue weighted by molar-refractivity contribution is 5.27. The van der Waals surface area contributed by atoms with Gasteiger partial charge in [-0.05, 0) is 25.8 Å². The van der Waals surface area contributed by atoms with E-state index in [1.165, 1.54) is 16.8 Å². The first-order chi connectivity index (χ1) is 11.1. The Morgan fingerprint density at radius 3 is 2.61 bits per heavy atom. The van der Waals surface area contributed by atoms with Crippen LogP contribution in [0.2, 0.25) is 0 Å². The van der Waals surface area contributed by atoms with Crippen LogP contribution in [-0.2, 0) is 13.1 Å². The summed E-state index contributed by atoms with van der Waals surface area (Å²) in [5.41, 5.74) is 11.6. The van der Waals surface area contributed by atoms with E-state index in [0.29, 0.717) is 5.92 Å². The zero-order chi connectivity index (χ0) is 16.4. The van der Waals surface area contributed by atoms with Crippen LogP contribution in [0, 0.1) is 13.8 Å². The van der Waals surface area contributed by atoms with Gasteiger partial charge in [0.25, 0.3) is 0 Å². The second kappa shape index (κ2) is 6.85. The Balaban J connectivity index is 1.73. The van der Waals surface area contributed by atoms with Crippen molar-refractivity contribution in [1.82, 2.24) is 14.7 Å². The molecule has 3 rings (SSSR count). The molecule has 2 atom stereocenters. The van der Waals surface area contributed by atoms with Gasteiger partial charge in [0.15, 0.2) is 0 Å². The summed E-state index contributed by atoms with van der Waals surface area (Å²) < 4.78 is 2.15. The molecule has 124 valence electrons. The Kier molecular flexibility index (Phi) is 4.83. The summed E-state index contributed by atoms with van der Waals surface area (Å²) in [7, 11) is 0. The van der Waals surface area contributed by atoms with Crippen molar-refractivity contribution in [3.8, 4) is 0 Å². The summed E-state index contributed by atoms with van der Waals surface area (Å²) in [6.45, 7) is 10.5. The van der Waals surface area contributed by atoms with Crippen LogP contribution in [0.25, 0.3) is 0 Å². The highest BCUT2D eigenvalue weighted by Crippen LogP contribution is 2.28. The zero-order valence-electron chi connectivity index (χ0n) is 14.5. The number of nitrogens with zero attached hydrogens (tertiary/aromatic N) is 3. The van der Waals surface area contributed by atoms with Crippen LogP contribution in [0.5, 0.6) is 0 Å². The minimum absolute atomic E-state index is 0.212. The summed E-state index contributed by atoms with van der Waals surface area (Å²) in [4.78, 5) is 2.48. The van der Waals surface area contributed by atoms with Gasteiger partial charge in [0.1, 0.15) is 0 Å². The number of benzene rings is 1. The van der Waals surface area contributed by atoms with Crippen LogP contribution >= 0.6 is 0 Å². The van der Waals surface area contributed by atoms with Crippen LogP contribution in [0.4, 0.5) is 0 Å². The van der Waals surface area contributed by atoms with E-state index in [1.807, 2.05) is 0 Å². The molecule has 0 radical (unpaired) electrons. The molecule has 2 aromatic rings. The molecule has 1 aromatic carbocycles. The zero-order valence-corrected chi connectivity index (χ0v) is 14.5. The molecule has 1 saturated heterocycles. The average molecular weight is 312 g/mol. The van der Waals surface area contributed by atoms with E-state index >= 15 is 0 Å². The number of rotatable bonds is 5. The van der Waals surface area contributed by atoms with Gasteiger partial charge in [-0.1, -0.05) is 37.3 Å². The van der Waals surface area contributed by atoms with Crippen LogP contribution < -0.4 is 5.73 Å². The first kappa shape index (κ1) is 16.2. The summed E-state index contributed by atoms with van der Waals surface area (Å²) >= 11 is 0. The third-order valence-electron chi connectivity index (χ3n) is 5.02. The van der Waals surface area contributed by atoms with Crippen LogP contribution in [0.15, 0.2) is 30.3 Å². The van der Waals surface area contributed by atoms with Crippen LogP contribution in [-0.4, -0.2) is 33.8 Å². The van der Waals surface area contributed by atoms with Gasteiger partial charge in [-0.15, -0.1) is 0 Å². The number of hydrogen-bond acceptors (Lipinski definition) is 3. The third kappa shape index (κ3) is 3.33. The highest BCUT2D eigenvalue weighted by atomic mass is 15.3. The molecule has 0 unspecified atom stereocenters. The number of likely N-dealkylation sites (tertiary alicyclic amines) is 1. The molecule has 1 fully saturated rings. The largest absolute Gasteiger partial charge is 0.326 e. The van der Waals surface area contributed by atoms with Crippen molar-refractivity contribution < 1.29 is 0 Å². The SMILES string of the molecule is CCCn1nc(C)c(CN2C[C@@H](N)[C@H](c3ccccc3)C2)c1C. The van der Waals surface area contributed by atoms with Gasteiger partial charge in [0, 0.05) is 49.4 Å². The fourth-order valence-electron chi connectivity index (χ4n) is 3.71. The maximum atomic E-state index is 6.42. The average Bonchev–Trinajstić information content (AvgIpc) is 3.04. The molecule has 23 heavy (non-hydrogen) atoms. The van der Waals surface area contributed by atoms with Crippen molar-refractivity contribution in [2.24, 2.45) is 5.73 Å². The molecule has 1 aliphatic heterocycles. The van der Waals surface area contributed by atoms with Crippen molar-refractivity contribution in [2.75, 3.05) is 13.1 Å². The van der Waals surface area contributed by atoms with Gasteiger partial charge in [-0.25, -0.2) is 0 Å². The molecular formula is C19H28N4. The first-order valence-electron chi connectivity index (χ1n) is 8.66. The van der Waals surface area contributed by atoms with Gasteiger partial charge < -0.3 is 5.73 Å². The smallest absolute Gasteiger partial charge is 0.0641 e. The lowest BCUT2D eigenvalue weighted by Gasteiger charge is -2.16. The van der Waals surface area contributed by atoms with Gasteiger partial charge in [-0.3, -0.25) is 9.58 Å². The Bertz CT molecular complexity index is 647. The minimum atomic E-state index is 0.212. The fraction of sp³-hybridized carbons (Fsp3) is 0.526. The molecule has 0 spiro atoms. The van der Waals surface area contributed by atoms with Gasteiger partial charge in [0.05, 0.1) is 5.69 Å². The molecule has 4 nitrogen and oxygen atoms in total. The van der Waals surface area contributed by atoms with Crippen molar-refractivity contribution >= 4 is 0 Å². The normalized spacial score (nSPS) is 21.9. The van der Waals surface area contributed by atoms with Crippen molar-refractivity contribution in [3.05, 3.63) is 52.8 Å². The highest BCUT2D eigenvalue weighted by Gasteiger charge is 2.31. The molecule has 1 aromatic heterocycles. The Labute approximate surface area is 139 Å². The van der Waals surface area contributed by atoms with Crippen molar-refractivity contribution in [2.45, 2.75) is 52.2 Å². The lowest BCUT2D eigenvalue weighted by molar-refractivity contribution is 0.322. The van der Waals surface area contributed by atoms with Crippen LogP contribution in [0.3, 0.4) is 0 Å². The molecule has 1 aliphatic rings. The molecule has 0 amide bonds. The van der Waals surface area contributed by atoms with E-state index in [9.17, 15) is 0 Å². The maximum absolute atomic E-state index is 6.42. The summed E-state index contributed by atoms with van der Waals surface area (Å²) in [6.07, 6.45) is 1.12. The van der Waals surface area contributed by atoms with Gasteiger partial charge in [-0.2, -0.15) is 5.10 Å². The predicted molar refractivity (Wildman–Crippen MR) is 94.4 cm³/mol. The molecule has 0 aliphatic carbocycles. The monoisotopic (exact) mass is 312 g/mol. The van der Waals surface area contributed by atoms with Crippen molar-refractivity contribution in [1.29, 1.82) is 0 Å². The molecule has 2 heterocycles. The lowest BCUT2D eigenvalue weighted by atomic mass is 9.95. The van der Waals surface area contributed by atoms with E-state index in [1.54, 1.807) is 0 Å². The van der Waals surface area contributed by atoms with E-state index in [2.05, 4.69) is 60.7 Å².